The van der Waals surface area contributed by atoms with Crippen LogP contribution in [0.25, 0.3) is 4.91 Å². The van der Waals surface area contributed by atoms with Crippen LogP contribution in [0.2, 0.25) is 0 Å². The van der Waals surface area contributed by atoms with E-state index in [-0.39, 0.29) is 5.56 Å². The highest BCUT2D eigenvalue weighted by Crippen LogP contribution is 2.26. The minimum Gasteiger partial charge on any atom is -0.206 e. The first-order valence-electron chi connectivity index (χ1n) is 4.13. The van der Waals surface area contributed by atoms with Crippen LogP contribution in [0.5, 0.6) is 0 Å². The molecule has 1 aromatic rings. The molecule has 0 aliphatic rings. The lowest BCUT2D eigenvalue weighted by atomic mass is 10.1. The van der Waals surface area contributed by atoms with Crippen molar-refractivity contribution in [2.75, 3.05) is 6.26 Å². The fraction of sp³-hybridized carbons (Fsp3) is 0.182. The van der Waals surface area contributed by atoms with E-state index in [2.05, 4.69) is 0 Å². The summed E-state index contributed by atoms with van der Waals surface area (Å²) in [6.45, 7) is 1.92. The SMILES string of the molecule is C/C=C(\SC)c1ccc(F)c(C#N)c1. The van der Waals surface area contributed by atoms with E-state index < -0.39 is 5.82 Å². The molecule has 72 valence electrons. The predicted molar refractivity (Wildman–Crippen MR) is 58.3 cm³/mol. The van der Waals surface area contributed by atoms with Gasteiger partial charge in [0.25, 0.3) is 0 Å². The summed E-state index contributed by atoms with van der Waals surface area (Å²) in [6.07, 6.45) is 3.89. The fourth-order valence-electron chi connectivity index (χ4n) is 1.17. The lowest BCUT2D eigenvalue weighted by Crippen LogP contribution is -1.86. The topological polar surface area (TPSA) is 23.8 Å². The van der Waals surface area contributed by atoms with Crippen LogP contribution in [0.4, 0.5) is 4.39 Å². The van der Waals surface area contributed by atoms with Crippen molar-refractivity contribution in [3.05, 3.63) is 41.2 Å². The summed E-state index contributed by atoms with van der Waals surface area (Å²) in [5, 5.41) is 8.65. The zero-order chi connectivity index (χ0) is 10.6. The van der Waals surface area contributed by atoms with Crippen LogP contribution >= 0.6 is 11.8 Å². The van der Waals surface area contributed by atoms with Crippen LogP contribution in [0.3, 0.4) is 0 Å². The van der Waals surface area contributed by atoms with Crippen LogP contribution in [0, 0.1) is 17.1 Å². The first-order chi connectivity index (χ1) is 6.72. The van der Waals surface area contributed by atoms with Crippen LogP contribution < -0.4 is 0 Å². The Hall–Kier alpha value is -1.27. The maximum Gasteiger partial charge on any atom is 0.140 e. The van der Waals surface area contributed by atoms with E-state index >= 15 is 0 Å². The number of nitrogens with zero attached hydrogens (tertiary/aromatic N) is 1. The highest BCUT2D eigenvalue weighted by atomic mass is 32.2. The van der Waals surface area contributed by atoms with E-state index in [1.807, 2.05) is 25.3 Å². The molecule has 0 aliphatic carbocycles. The van der Waals surface area contributed by atoms with Crippen molar-refractivity contribution in [1.82, 2.24) is 0 Å². The molecular weight excluding hydrogens is 197 g/mol. The van der Waals surface area contributed by atoms with Gasteiger partial charge in [0.2, 0.25) is 0 Å². The molecule has 0 N–H and O–H groups in total. The van der Waals surface area contributed by atoms with E-state index in [1.54, 1.807) is 23.9 Å². The molecule has 0 aliphatic heterocycles. The molecule has 0 saturated heterocycles. The van der Waals surface area contributed by atoms with E-state index in [4.69, 9.17) is 5.26 Å². The van der Waals surface area contributed by atoms with Crippen LogP contribution in [0.15, 0.2) is 24.3 Å². The first-order valence-corrected chi connectivity index (χ1v) is 5.35. The molecule has 1 aromatic carbocycles. The van der Waals surface area contributed by atoms with Gasteiger partial charge in [0, 0.05) is 4.91 Å². The van der Waals surface area contributed by atoms with Gasteiger partial charge in [0.05, 0.1) is 5.56 Å². The highest BCUT2D eigenvalue weighted by molar-refractivity contribution is 8.07. The number of hydrogen-bond acceptors (Lipinski definition) is 2. The monoisotopic (exact) mass is 207 g/mol. The zero-order valence-electron chi connectivity index (χ0n) is 8.04. The van der Waals surface area contributed by atoms with E-state index in [0.717, 1.165) is 10.5 Å². The van der Waals surface area contributed by atoms with Crippen LogP contribution in [0.1, 0.15) is 18.1 Å². The summed E-state index contributed by atoms with van der Waals surface area (Å²) in [6, 6.07) is 6.41. The zero-order valence-corrected chi connectivity index (χ0v) is 8.86. The normalized spacial score (nSPS) is 11.1. The van der Waals surface area contributed by atoms with Gasteiger partial charge in [-0.25, -0.2) is 4.39 Å². The Balaban J connectivity index is 3.20. The average molecular weight is 207 g/mol. The predicted octanol–water partition coefficient (Wildman–Crippen LogP) is 3.42. The van der Waals surface area contributed by atoms with Crippen molar-refractivity contribution in [2.24, 2.45) is 0 Å². The van der Waals surface area contributed by atoms with Crippen molar-refractivity contribution < 1.29 is 4.39 Å². The number of hydrogen-bond donors (Lipinski definition) is 0. The molecule has 14 heavy (non-hydrogen) atoms. The van der Waals surface area contributed by atoms with Crippen molar-refractivity contribution in [3.8, 4) is 6.07 Å². The first kappa shape index (κ1) is 10.8. The molecule has 0 heterocycles. The van der Waals surface area contributed by atoms with E-state index in [9.17, 15) is 4.39 Å². The molecule has 1 rings (SSSR count). The Morgan fingerprint density at radius 1 is 1.57 bits per heavy atom. The molecule has 0 saturated carbocycles. The minimum absolute atomic E-state index is 0.0934. The molecule has 0 aromatic heterocycles. The van der Waals surface area contributed by atoms with Crippen LogP contribution in [-0.4, -0.2) is 6.26 Å². The second-order valence-corrected chi connectivity index (χ2v) is 3.51. The summed E-state index contributed by atoms with van der Waals surface area (Å²) in [7, 11) is 0. The Labute approximate surface area is 87.2 Å². The standard InChI is InChI=1S/C11H10FNS/c1-3-11(14-2)8-4-5-10(12)9(6-8)7-13/h3-6H,1-2H3/b11-3-. The molecule has 0 amide bonds. The van der Waals surface area contributed by atoms with Crippen molar-refractivity contribution in [1.29, 1.82) is 5.26 Å². The summed E-state index contributed by atoms with van der Waals surface area (Å²) >= 11 is 1.58. The third-order valence-electron chi connectivity index (χ3n) is 1.85. The quantitative estimate of drug-likeness (QED) is 0.742. The smallest absolute Gasteiger partial charge is 0.140 e. The number of allylic oxidation sites excluding steroid dienone is 1. The van der Waals surface area contributed by atoms with Gasteiger partial charge in [-0.3, -0.25) is 0 Å². The van der Waals surface area contributed by atoms with Gasteiger partial charge < -0.3 is 0 Å². The lowest BCUT2D eigenvalue weighted by Gasteiger charge is -2.03. The van der Waals surface area contributed by atoms with Gasteiger partial charge >= 0.3 is 0 Å². The van der Waals surface area contributed by atoms with Gasteiger partial charge in [-0.2, -0.15) is 5.26 Å². The van der Waals surface area contributed by atoms with Gasteiger partial charge in [0.1, 0.15) is 11.9 Å². The molecule has 0 atom stereocenters. The summed E-state index contributed by atoms with van der Waals surface area (Å²) in [5.74, 6) is -0.465. The Morgan fingerprint density at radius 2 is 2.29 bits per heavy atom. The van der Waals surface area contributed by atoms with Crippen molar-refractivity contribution >= 4 is 16.7 Å². The molecule has 0 radical (unpaired) electrons. The summed E-state index contributed by atoms with van der Waals surface area (Å²) in [4.78, 5) is 1.04. The Bertz CT molecular complexity index is 404. The molecular formula is C11H10FNS. The van der Waals surface area contributed by atoms with Gasteiger partial charge in [-0.05, 0) is 30.9 Å². The number of thioether (sulfide) groups is 1. The summed E-state index contributed by atoms with van der Waals surface area (Å²) < 4.78 is 13.0. The second kappa shape index (κ2) is 4.83. The molecule has 0 bridgehead atoms. The number of rotatable bonds is 2. The Kier molecular flexibility index (Phi) is 3.73. The molecule has 0 fully saturated rings. The number of benzene rings is 1. The molecule has 3 heteroatoms. The third-order valence-corrected chi connectivity index (χ3v) is 2.76. The van der Waals surface area contributed by atoms with E-state index in [1.165, 1.54) is 6.07 Å². The average Bonchev–Trinajstić information content (AvgIpc) is 2.22. The molecule has 1 nitrogen and oxygen atoms in total. The molecule has 0 unspecified atom stereocenters. The maximum atomic E-state index is 13.0. The fourth-order valence-corrected chi connectivity index (χ4v) is 1.76. The molecule has 0 spiro atoms. The number of nitriles is 1. The third kappa shape index (κ3) is 2.15. The minimum atomic E-state index is -0.465. The van der Waals surface area contributed by atoms with E-state index in [0.29, 0.717) is 0 Å². The summed E-state index contributed by atoms with van der Waals surface area (Å²) in [5.41, 5.74) is 0.980. The van der Waals surface area contributed by atoms with Gasteiger partial charge in [0.15, 0.2) is 0 Å². The maximum absolute atomic E-state index is 13.0. The van der Waals surface area contributed by atoms with Crippen molar-refractivity contribution in [3.63, 3.8) is 0 Å². The lowest BCUT2D eigenvalue weighted by molar-refractivity contribution is 0.624. The largest absolute Gasteiger partial charge is 0.206 e. The van der Waals surface area contributed by atoms with Gasteiger partial charge in [-0.15, -0.1) is 11.8 Å². The van der Waals surface area contributed by atoms with Crippen molar-refractivity contribution in [2.45, 2.75) is 6.92 Å². The Morgan fingerprint density at radius 3 is 2.79 bits per heavy atom. The highest BCUT2D eigenvalue weighted by Gasteiger charge is 2.04. The second-order valence-electron chi connectivity index (χ2n) is 2.66. The number of halogens is 1. The van der Waals surface area contributed by atoms with Gasteiger partial charge in [-0.1, -0.05) is 12.1 Å². The van der Waals surface area contributed by atoms with Crippen LogP contribution in [-0.2, 0) is 0 Å².